The van der Waals surface area contributed by atoms with E-state index in [1.54, 1.807) is 7.11 Å². The minimum atomic E-state index is -0.314. The molecule has 2 aromatic rings. The Kier molecular flexibility index (Phi) is 4.54. The maximum atomic E-state index is 9.24. The van der Waals surface area contributed by atoms with Gasteiger partial charge in [0, 0.05) is 12.1 Å². The quantitative estimate of drug-likeness (QED) is 0.889. The molecular formula is C16H16N2O. The Morgan fingerprint density at radius 3 is 2.47 bits per heavy atom. The van der Waals surface area contributed by atoms with E-state index >= 15 is 0 Å². The maximum Gasteiger partial charge on any atom is 0.123 e. The zero-order valence-corrected chi connectivity index (χ0v) is 10.8. The van der Waals surface area contributed by atoms with E-state index in [1.807, 2.05) is 54.6 Å². The van der Waals surface area contributed by atoms with E-state index in [4.69, 9.17) is 4.74 Å². The minimum Gasteiger partial charge on any atom is -0.496 e. The molecule has 3 nitrogen and oxygen atoms in total. The Hall–Kier alpha value is -2.31. The molecule has 0 heterocycles. The second kappa shape index (κ2) is 6.58. The number of nitriles is 1. The summed E-state index contributed by atoms with van der Waals surface area (Å²) in [5.74, 6) is 0.833. The van der Waals surface area contributed by atoms with Crippen LogP contribution in [0.3, 0.4) is 0 Å². The lowest BCUT2D eigenvalue weighted by Crippen LogP contribution is -2.19. The third kappa shape index (κ3) is 3.34. The zero-order chi connectivity index (χ0) is 13.5. The van der Waals surface area contributed by atoms with E-state index in [0.717, 1.165) is 16.9 Å². The molecule has 1 atom stereocenters. The summed E-state index contributed by atoms with van der Waals surface area (Å²) in [7, 11) is 1.65. The van der Waals surface area contributed by atoms with Crippen LogP contribution in [0.1, 0.15) is 17.2 Å². The molecule has 0 aliphatic heterocycles. The first-order valence-electron chi connectivity index (χ1n) is 6.15. The molecule has 0 bridgehead atoms. The summed E-state index contributed by atoms with van der Waals surface area (Å²) in [6.45, 7) is 0.594. The average molecular weight is 252 g/mol. The SMILES string of the molecule is COc1ccccc1CNC(C#N)c1ccccc1. The molecule has 19 heavy (non-hydrogen) atoms. The normalized spacial score (nSPS) is 11.6. The van der Waals surface area contributed by atoms with Crippen molar-refractivity contribution in [1.82, 2.24) is 5.32 Å². The van der Waals surface area contributed by atoms with Crippen molar-refractivity contribution in [2.75, 3.05) is 7.11 Å². The van der Waals surface area contributed by atoms with Crippen LogP contribution in [0.4, 0.5) is 0 Å². The molecule has 1 unspecified atom stereocenters. The molecular weight excluding hydrogens is 236 g/mol. The molecule has 2 aromatic carbocycles. The monoisotopic (exact) mass is 252 g/mol. The fraction of sp³-hybridized carbons (Fsp3) is 0.188. The van der Waals surface area contributed by atoms with Crippen molar-refractivity contribution in [3.05, 3.63) is 65.7 Å². The van der Waals surface area contributed by atoms with Crippen molar-refractivity contribution in [1.29, 1.82) is 5.26 Å². The van der Waals surface area contributed by atoms with Crippen molar-refractivity contribution in [3.63, 3.8) is 0 Å². The third-order valence-corrected chi connectivity index (χ3v) is 2.95. The fourth-order valence-corrected chi connectivity index (χ4v) is 1.94. The van der Waals surface area contributed by atoms with Gasteiger partial charge in [0.15, 0.2) is 0 Å². The van der Waals surface area contributed by atoms with Gasteiger partial charge >= 0.3 is 0 Å². The predicted molar refractivity (Wildman–Crippen MR) is 74.6 cm³/mol. The van der Waals surface area contributed by atoms with Crippen molar-refractivity contribution in [2.24, 2.45) is 0 Å². The molecule has 96 valence electrons. The smallest absolute Gasteiger partial charge is 0.123 e. The van der Waals surface area contributed by atoms with Gasteiger partial charge in [0.1, 0.15) is 11.8 Å². The van der Waals surface area contributed by atoms with Crippen molar-refractivity contribution in [2.45, 2.75) is 12.6 Å². The van der Waals surface area contributed by atoms with Crippen LogP contribution in [0.15, 0.2) is 54.6 Å². The van der Waals surface area contributed by atoms with Crippen LogP contribution in [0.2, 0.25) is 0 Å². The van der Waals surface area contributed by atoms with E-state index in [1.165, 1.54) is 0 Å². The molecule has 0 aliphatic carbocycles. The Morgan fingerprint density at radius 2 is 1.79 bits per heavy atom. The van der Waals surface area contributed by atoms with Crippen LogP contribution in [0, 0.1) is 11.3 Å². The van der Waals surface area contributed by atoms with Gasteiger partial charge in [-0.3, -0.25) is 5.32 Å². The topological polar surface area (TPSA) is 45.0 Å². The highest BCUT2D eigenvalue weighted by atomic mass is 16.5. The largest absolute Gasteiger partial charge is 0.496 e. The fourth-order valence-electron chi connectivity index (χ4n) is 1.94. The first-order valence-corrected chi connectivity index (χ1v) is 6.15. The average Bonchev–Trinajstić information content (AvgIpc) is 2.49. The lowest BCUT2D eigenvalue weighted by molar-refractivity contribution is 0.407. The molecule has 0 amide bonds. The van der Waals surface area contributed by atoms with E-state index in [2.05, 4.69) is 11.4 Å². The first-order chi connectivity index (χ1) is 9.35. The number of hydrogen-bond donors (Lipinski definition) is 1. The van der Waals surface area contributed by atoms with Crippen LogP contribution >= 0.6 is 0 Å². The van der Waals surface area contributed by atoms with Gasteiger partial charge in [0.2, 0.25) is 0 Å². The second-order valence-corrected chi connectivity index (χ2v) is 4.17. The second-order valence-electron chi connectivity index (χ2n) is 4.17. The van der Waals surface area contributed by atoms with Gasteiger partial charge in [-0.15, -0.1) is 0 Å². The molecule has 1 N–H and O–H groups in total. The highest BCUT2D eigenvalue weighted by Crippen LogP contribution is 2.19. The predicted octanol–water partition coefficient (Wildman–Crippen LogP) is 3.05. The summed E-state index contributed by atoms with van der Waals surface area (Å²) >= 11 is 0. The summed E-state index contributed by atoms with van der Waals surface area (Å²) in [5.41, 5.74) is 2.01. The summed E-state index contributed by atoms with van der Waals surface area (Å²) in [4.78, 5) is 0. The van der Waals surface area contributed by atoms with Gasteiger partial charge < -0.3 is 4.74 Å². The third-order valence-electron chi connectivity index (χ3n) is 2.95. The summed E-state index contributed by atoms with van der Waals surface area (Å²) in [6.07, 6.45) is 0. The molecule has 0 spiro atoms. The van der Waals surface area contributed by atoms with E-state index in [-0.39, 0.29) is 6.04 Å². The molecule has 0 saturated carbocycles. The van der Waals surface area contributed by atoms with Crippen molar-refractivity contribution >= 4 is 0 Å². The highest BCUT2D eigenvalue weighted by molar-refractivity contribution is 5.33. The van der Waals surface area contributed by atoms with Crippen LogP contribution in [0.5, 0.6) is 5.75 Å². The first kappa shape index (κ1) is 13.1. The van der Waals surface area contributed by atoms with Crippen LogP contribution in [0.25, 0.3) is 0 Å². The van der Waals surface area contributed by atoms with Gasteiger partial charge in [-0.1, -0.05) is 48.5 Å². The summed E-state index contributed by atoms with van der Waals surface area (Å²) in [5, 5.41) is 12.5. The van der Waals surface area contributed by atoms with E-state index < -0.39 is 0 Å². The molecule has 3 heteroatoms. The lowest BCUT2D eigenvalue weighted by atomic mass is 10.1. The van der Waals surface area contributed by atoms with E-state index in [0.29, 0.717) is 6.54 Å². The molecule has 0 aliphatic rings. The summed E-state index contributed by atoms with van der Waals surface area (Å²) < 4.78 is 5.29. The number of ether oxygens (including phenoxy) is 1. The van der Waals surface area contributed by atoms with Crippen molar-refractivity contribution in [3.8, 4) is 11.8 Å². The number of nitrogens with zero attached hydrogens (tertiary/aromatic N) is 1. The van der Waals surface area contributed by atoms with Gasteiger partial charge in [0.05, 0.1) is 13.2 Å². The Bertz CT molecular complexity index is 560. The molecule has 0 aromatic heterocycles. The Morgan fingerprint density at radius 1 is 1.11 bits per heavy atom. The molecule has 2 rings (SSSR count). The Labute approximate surface area is 113 Å². The maximum absolute atomic E-state index is 9.24. The number of nitrogens with one attached hydrogen (secondary N) is 1. The lowest BCUT2D eigenvalue weighted by Gasteiger charge is -2.13. The molecule has 0 radical (unpaired) electrons. The van der Waals surface area contributed by atoms with Crippen molar-refractivity contribution < 1.29 is 4.74 Å². The van der Waals surface area contributed by atoms with Crippen LogP contribution in [-0.2, 0) is 6.54 Å². The number of rotatable bonds is 5. The van der Waals surface area contributed by atoms with E-state index in [9.17, 15) is 5.26 Å². The van der Waals surface area contributed by atoms with Crippen LogP contribution < -0.4 is 10.1 Å². The molecule has 0 saturated heterocycles. The minimum absolute atomic E-state index is 0.314. The number of methoxy groups -OCH3 is 1. The van der Waals surface area contributed by atoms with Gasteiger partial charge in [-0.2, -0.15) is 5.26 Å². The number of para-hydroxylation sites is 1. The Balaban J connectivity index is 2.07. The van der Waals surface area contributed by atoms with Gasteiger partial charge in [-0.25, -0.2) is 0 Å². The number of hydrogen-bond acceptors (Lipinski definition) is 3. The standard InChI is InChI=1S/C16H16N2O/c1-19-16-10-6-5-9-14(16)12-18-15(11-17)13-7-3-2-4-8-13/h2-10,15,18H,12H2,1H3. The van der Waals surface area contributed by atoms with Gasteiger partial charge in [0.25, 0.3) is 0 Å². The van der Waals surface area contributed by atoms with Gasteiger partial charge in [-0.05, 0) is 11.6 Å². The zero-order valence-electron chi connectivity index (χ0n) is 10.8. The highest BCUT2D eigenvalue weighted by Gasteiger charge is 2.10. The number of benzene rings is 2. The summed E-state index contributed by atoms with van der Waals surface area (Å²) in [6, 6.07) is 19.5. The van der Waals surface area contributed by atoms with Crippen LogP contribution in [-0.4, -0.2) is 7.11 Å². The molecule has 0 fully saturated rings.